The van der Waals surface area contributed by atoms with Crippen molar-refractivity contribution in [2.45, 2.75) is 0 Å². The third-order valence-corrected chi connectivity index (χ3v) is 2.84. The van der Waals surface area contributed by atoms with E-state index in [0.717, 1.165) is 12.1 Å². The van der Waals surface area contributed by atoms with Crippen LogP contribution in [0.15, 0.2) is 18.2 Å². The van der Waals surface area contributed by atoms with E-state index in [1.54, 1.807) is 0 Å². The number of nitrogens with two attached hydrogens (primary N) is 1. The molecule has 5 heteroatoms. The molecule has 1 saturated heterocycles. The topological polar surface area (TPSA) is 47.3 Å². The van der Waals surface area contributed by atoms with Crippen LogP contribution in [-0.2, 0) is 4.74 Å². The largest absolute Gasteiger partial charge is 0.384 e. The second-order valence-electron chi connectivity index (χ2n) is 4.18. The van der Waals surface area contributed by atoms with Crippen LogP contribution in [0.3, 0.4) is 0 Å². The van der Waals surface area contributed by atoms with Gasteiger partial charge < -0.3 is 15.8 Å². The van der Waals surface area contributed by atoms with Crippen molar-refractivity contribution in [3.8, 4) is 0 Å². The SMILES string of the molecule is NCC1(CNc2ccc(F)c(F)c2)COC1. The summed E-state index contributed by atoms with van der Waals surface area (Å²) in [7, 11) is 0. The Balaban J connectivity index is 1.96. The van der Waals surface area contributed by atoms with Gasteiger partial charge in [0.15, 0.2) is 11.6 Å². The Bertz CT molecular complexity index is 375. The molecule has 0 atom stereocenters. The minimum atomic E-state index is -0.850. The quantitative estimate of drug-likeness (QED) is 0.817. The summed E-state index contributed by atoms with van der Waals surface area (Å²) in [6, 6.07) is 3.74. The van der Waals surface area contributed by atoms with Crippen LogP contribution in [0.5, 0.6) is 0 Å². The van der Waals surface area contributed by atoms with Gasteiger partial charge in [-0.1, -0.05) is 0 Å². The van der Waals surface area contributed by atoms with E-state index in [1.165, 1.54) is 6.07 Å². The molecule has 2 rings (SSSR count). The Labute approximate surface area is 92.6 Å². The van der Waals surface area contributed by atoms with Gasteiger partial charge in [0, 0.05) is 24.2 Å². The molecule has 1 aliphatic heterocycles. The standard InChI is InChI=1S/C11H14F2N2O/c12-9-2-1-8(3-10(9)13)15-5-11(4-14)6-16-7-11/h1-3,15H,4-7,14H2. The van der Waals surface area contributed by atoms with Gasteiger partial charge in [0.1, 0.15) is 0 Å². The van der Waals surface area contributed by atoms with Crippen LogP contribution in [-0.4, -0.2) is 26.3 Å². The summed E-state index contributed by atoms with van der Waals surface area (Å²) in [4.78, 5) is 0. The van der Waals surface area contributed by atoms with E-state index in [-0.39, 0.29) is 5.41 Å². The van der Waals surface area contributed by atoms with Crippen molar-refractivity contribution in [3.63, 3.8) is 0 Å². The number of rotatable bonds is 4. The van der Waals surface area contributed by atoms with Crippen molar-refractivity contribution in [2.24, 2.45) is 11.1 Å². The Hall–Kier alpha value is -1.20. The van der Waals surface area contributed by atoms with Crippen LogP contribution in [0.25, 0.3) is 0 Å². The average molecular weight is 228 g/mol. The lowest BCUT2D eigenvalue weighted by Gasteiger charge is -2.40. The molecule has 1 fully saturated rings. The molecule has 1 aromatic carbocycles. The van der Waals surface area contributed by atoms with Crippen molar-refractivity contribution < 1.29 is 13.5 Å². The van der Waals surface area contributed by atoms with E-state index >= 15 is 0 Å². The second-order valence-corrected chi connectivity index (χ2v) is 4.18. The summed E-state index contributed by atoms with van der Waals surface area (Å²) in [5.41, 5.74) is 6.12. The number of benzene rings is 1. The highest BCUT2D eigenvalue weighted by molar-refractivity contribution is 5.43. The van der Waals surface area contributed by atoms with Crippen LogP contribution >= 0.6 is 0 Å². The highest BCUT2D eigenvalue weighted by Gasteiger charge is 2.36. The average Bonchev–Trinajstić information content (AvgIpc) is 2.22. The second kappa shape index (κ2) is 4.35. The normalized spacial score (nSPS) is 17.9. The Morgan fingerprint density at radius 1 is 1.31 bits per heavy atom. The van der Waals surface area contributed by atoms with Crippen molar-refractivity contribution in [3.05, 3.63) is 29.8 Å². The highest BCUT2D eigenvalue weighted by Crippen LogP contribution is 2.26. The van der Waals surface area contributed by atoms with E-state index in [9.17, 15) is 8.78 Å². The molecule has 88 valence electrons. The van der Waals surface area contributed by atoms with Crippen LogP contribution < -0.4 is 11.1 Å². The molecule has 0 aromatic heterocycles. The van der Waals surface area contributed by atoms with Crippen molar-refractivity contribution >= 4 is 5.69 Å². The Morgan fingerprint density at radius 2 is 2.06 bits per heavy atom. The molecular weight excluding hydrogens is 214 g/mol. The lowest BCUT2D eigenvalue weighted by molar-refractivity contribution is -0.0979. The fourth-order valence-electron chi connectivity index (χ4n) is 1.58. The lowest BCUT2D eigenvalue weighted by atomic mass is 9.86. The molecular formula is C11H14F2N2O. The maximum Gasteiger partial charge on any atom is 0.160 e. The first kappa shape index (κ1) is 11.3. The molecule has 0 bridgehead atoms. The molecule has 1 aromatic rings. The maximum atomic E-state index is 12.9. The lowest BCUT2D eigenvalue weighted by Crippen LogP contribution is -2.52. The smallest absolute Gasteiger partial charge is 0.160 e. The molecule has 0 saturated carbocycles. The molecule has 1 heterocycles. The third kappa shape index (κ3) is 2.15. The summed E-state index contributed by atoms with van der Waals surface area (Å²) in [5, 5.41) is 3.04. The molecule has 0 spiro atoms. The van der Waals surface area contributed by atoms with Gasteiger partial charge in [0.2, 0.25) is 0 Å². The highest BCUT2D eigenvalue weighted by atomic mass is 19.2. The summed E-state index contributed by atoms with van der Waals surface area (Å²) in [6.45, 7) is 2.35. The molecule has 16 heavy (non-hydrogen) atoms. The van der Waals surface area contributed by atoms with Gasteiger partial charge in [-0.2, -0.15) is 0 Å². The number of ether oxygens (including phenoxy) is 1. The van der Waals surface area contributed by atoms with Crippen LogP contribution in [0.4, 0.5) is 14.5 Å². The van der Waals surface area contributed by atoms with Crippen molar-refractivity contribution in [1.29, 1.82) is 0 Å². The third-order valence-electron chi connectivity index (χ3n) is 2.84. The van der Waals surface area contributed by atoms with Gasteiger partial charge in [0.05, 0.1) is 13.2 Å². The van der Waals surface area contributed by atoms with E-state index in [4.69, 9.17) is 10.5 Å². The molecule has 1 aliphatic rings. The van der Waals surface area contributed by atoms with Crippen molar-refractivity contribution in [2.75, 3.05) is 31.6 Å². The number of anilines is 1. The predicted octanol–water partition coefficient (Wildman–Crippen LogP) is 1.35. The first-order valence-corrected chi connectivity index (χ1v) is 5.12. The number of hydrogen-bond donors (Lipinski definition) is 2. The first-order chi connectivity index (χ1) is 7.65. The predicted molar refractivity (Wildman–Crippen MR) is 57.2 cm³/mol. The minimum absolute atomic E-state index is 0.0646. The zero-order chi connectivity index (χ0) is 11.6. The van der Waals surface area contributed by atoms with Crippen LogP contribution in [0.1, 0.15) is 0 Å². The summed E-state index contributed by atoms with van der Waals surface area (Å²) < 4.78 is 30.7. The number of halogens is 2. The zero-order valence-electron chi connectivity index (χ0n) is 8.80. The summed E-state index contributed by atoms with van der Waals surface area (Å²) in [5.74, 6) is -1.69. The Morgan fingerprint density at radius 3 is 2.56 bits per heavy atom. The summed E-state index contributed by atoms with van der Waals surface area (Å²) in [6.07, 6.45) is 0. The van der Waals surface area contributed by atoms with Crippen molar-refractivity contribution in [1.82, 2.24) is 0 Å². The molecule has 3 N–H and O–H groups in total. The molecule has 0 radical (unpaired) electrons. The number of hydrogen-bond acceptors (Lipinski definition) is 3. The minimum Gasteiger partial charge on any atom is -0.384 e. The van der Waals surface area contributed by atoms with Crippen LogP contribution in [0.2, 0.25) is 0 Å². The van der Waals surface area contributed by atoms with E-state index in [1.807, 2.05) is 0 Å². The molecule has 3 nitrogen and oxygen atoms in total. The van der Waals surface area contributed by atoms with Gasteiger partial charge in [0.25, 0.3) is 0 Å². The van der Waals surface area contributed by atoms with E-state index < -0.39 is 11.6 Å². The monoisotopic (exact) mass is 228 g/mol. The zero-order valence-corrected chi connectivity index (χ0v) is 8.80. The summed E-state index contributed by atoms with van der Waals surface area (Å²) >= 11 is 0. The molecule has 0 unspecified atom stereocenters. The fourth-order valence-corrected chi connectivity index (χ4v) is 1.58. The number of nitrogens with one attached hydrogen (secondary N) is 1. The molecule has 0 aliphatic carbocycles. The van der Waals surface area contributed by atoms with Gasteiger partial charge in [-0.25, -0.2) is 8.78 Å². The van der Waals surface area contributed by atoms with Gasteiger partial charge in [-0.3, -0.25) is 0 Å². The fraction of sp³-hybridized carbons (Fsp3) is 0.455. The van der Waals surface area contributed by atoms with E-state index in [0.29, 0.717) is 32.0 Å². The van der Waals surface area contributed by atoms with E-state index in [2.05, 4.69) is 5.32 Å². The maximum absolute atomic E-state index is 12.9. The Kier molecular flexibility index (Phi) is 3.07. The first-order valence-electron chi connectivity index (χ1n) is 5.12. The molecule has 0 amide bonds. The van der Waals surface area contributed by atoms with Gasteiger partial charge in [-0.05, 0) is 18.2 Å². The van der Waals surface area contributed by atoms with Gasteiger partial charge >= 0.3 is 0 Å². The van der Waals surface area contributed by atoms with Crippen LogP contribution in [0, 0.1) is 17.0 Å². The van der Waals surface area contributed by atoms with Gasteiger partial charge in [-0.15, -0.1) is 0 Å².